The molecule has 6 heteroatoms. The number of nitrogens with zero attached hydrogens (tertiary/aromatic N) is 1. The SMILES string of the molecule is Nc1c(Cl)cc(Cl)cc1N1CC(S)CC1=O. The first-order valence-corrected chi connectivity index (χ1v) is 5.99. The molecule has 1 aliphatic heterocycles. The number of nitrogen functional groups attached to an aromatic ring is 1. The number of carbonyl (C=O) groups is 1. The van der Waals surface area contributed by atoms with Crippen LogP contribution in [0.25, 0.3) is 0 Å². The first-order valence-electron chi connectivity index (χ1n) is 4.72. The minimum atomic E-state index is -0.00923. The van der Waals surface area contributed by atoms with E-state index in [2.05, 4.69) is 12.6 Å². The normalized spacial score (nSPS) is 20.6. The minimum Gasteiger partial charge on any atom is -0.396 e. The molecule has 1 saturated heterocycles. The summed E-state index contributed by atoms with van der Waals surface area (Å²) in [6.45, 7) is 0.531. The van der Waals surface area contributed by atoms with Crippen LogP contribution in [0.5, 0.6) is 0 Å². The molecule has 1 fully saturated rings. The van der Waals surface area contributed by atoms with Crippen LogP contribution in [0.15, 0.2) is 12.1 Å². The summed E-state index contributed by atoms with van der Waals surface area (Å²) >= 11 is 16.1. The Hall–Kier alpha value is -0.580. The number of nitrogens with two attached hydrogens (primary N) is 1. The van der Waals surface area contributed by atoms with Crippen LogP contribution in [-0.2, 0) is 4.79 Å². The molecule has 0 aromatic heterocycles. The van der Waals surface area contributed by atoms with Crippen molar-refractivity contribution in [3.05, 3.63) is 22.2 Å². The molecule has 0 radical (unpaired) electrons. The zero-order valence-electron chi connectivity index (χ0n) is 8.28. The van der Waals surface area contributed by atoms with Gasteiger partial charge in [-0.15, -0.1) is 0 Å². The Labute approximate surface area is 109 Å². The van der Waals surface area contributed by atoms with Crippen molar-refractivity contribution in [2.75, 3.05) is 17.2 Å². The van der Waals surface area contributed by atoms with E-state index in [1.54, 1.807) is 17.0 Å². The van der Waals surface area contributed by atoms with E-state index < -0.39 is 0 Å². The summed E-state index contributed by atoms with van der Waals surface area (Å²) in [4.78, 5) is 13.3. The predicted octanol–water partition coefficient (Wildman–Crippen LogP) is 2.61. The van der Waals surface area contributed by atoms with Crippen molar-refractivity contribution in [1.82, 2.24) is 0 Å². The second-order valence-corrected chi connectivity index (χ2v) is 5.26. The lowest BCUT2D eigenvalue weighted by Crippen LogP contribution is -2.25. The van der Waals surface area contributed by atoms with Crippen LogP contribution in [-0.4, -0.2) is 17.7 Å². The van der Waals surface area contributed by atoms with Crippen LogP contribution < -0.4 is 10.6 Å². The number of hydrogen-bond acceptors (Lipinski definition) is 3. The molecule has 3 nitrogen and oxygen atoms in total. The van der Waals surface area contributed by atoms with Gasteiger partial charge < -0.3 is 10.6 Å². The number of carbonyl (C=O) groups excluding carboxylic acids is 1. The molecule has 1 atom stereocenters. The van der Waals surface area contributed by atoms with Crippen molar-refractivity contribution in [2.45, 2.75) is 11.7 Å². The topological polar surface area (TPSA) is 46.3 Å². The summed E-state index contributed by atoms with van der Waals surface area (Å²) in [5, 5.41) is 0.854. The van der Waals surface area contributed by atoms with Crippen LogP contribution >= 0.6 is 35.8 Å². The zero-order chi connectivity index (χ0) is 11.9. The molecule has 1 aliphatic rings. The minimum absolute atomic E-state index is 0.00923. The first kappa shape index (κ1) is 11.9. The van der Waals surface area contributed by atoms with Crippen LogP contribution in [0, 0.1) is 0 Å². The highest BCUT2D eigenvalue weighted by Crippen LogP contribution is 2.36. The van der Waals surface area contributed by atoms with Crippen molar-refractivity contribution < 1.29 is 4.79 Å². The van der Waals surface area contributed by atoms with E-state index in [1.165, 1.54) is 0 Å². The van der Waals surface area contributed by atoms with Crippen LogP contribution in [0.1, 0.15) is 6.42 Å². The monoisotopic (exact) mass is 276 g/mol. The lowest BCUT2D eigenvalue weighted by Gasteiger charge is -2.19. The fourth-order valence-corrected chi connectivity index (χ4v) is 2.52. The Morgan fingerprint density at radius 1 is 1.44 bits per heavy atom. The van der Waals surface area contributed by atoms with Gasteiger partial charge in [-0.1, -0.05) is 23.2 Å². The highest BCUT2D eigenvalue weighted by molar-refractivity contribution is 7.81. The molecule has 0 bridgehead atoms. The van der Waals surface area contributed by atoms with E-state index in [-0.39, 0.29) is 11.2 Å². The zero-order valence-corrected chi connectivity index (χ0v) is 10.7. The van der Waals surface area contributed by atoms with Crippen molar-refractivity contribution in [1.29, 1.82) is 0 Å². The fraction of sp³-hybridized carbons (Fsp3) is 0.300. The van der Waals surface area contributed by atoms with E-state index in [0.717, 1.165) is 0 Å². The van der Waals surface area contributed by atoms with Crippen molar-refractivity contribution >= 4 is 53.1 Å². The summed E-state index contributed by atoms with van der Waals surface area (Å²) in [5.41, 5.74) is 6.77. The molecule has 1 aromatic carbocycles. The average molecular weight is 277 g/mol. The second-order valence-electron chi connectivity index (χ2n) is 3.68. The molecule has 86 valence electrons. The molecule has 0 spiro atoms. The molecule has 0 saturated carbocycles. The van der Waals surface area contributed by atoms with Gasteiger partial charge >= 0.3 is 0 Å². The molecule has 1 amide bonds. The predicted molar refractivity (Wildman–Crippen MR) is 70.6 cm³/mol. The van der Waals surface area contributed by atoms with Gasteiger partial charge in [0.05, 0.1) is 16.4 Å². The molecule has 1 aromatic rings. The van der Waals surface area contributed by atoms with Gasteiger partial charge in [0.2, 0.25) is 5.91 Å². The van der Waals surface area contributed by atoms with Gasteiger partial charge in [0.25, 0.3) is 0 Å². The molecule has 2 rings (SSSR count). The molecule has 2 N–H and O–H groups in total. The lowest BCUT2D eigenvalue weighted by molar-refractivity contribution is -0.117. The van der Waals surface area contributed by atoms with Gasteiger partial charge in [0.1, 0.15) is 0 Å². The number of thiol groups is 1. The average Bonchev–Trinajstić information content (AvgIpc) is 2.51. The number of rotatable bonds is 1. The van der Waals surface area contributed by atoms with E-state index in [1.807, 2.05) is 0 Å². The van der Waals surface area contributed by atoms with Gasteiger partial charge in [0, 0.05) is 23.2 Å². The van der Waals surface area contributed by atoms with Crippen LogP contribution in [0.3, 0.4) is 0 Å². The number of benzene rings is 1. The summed E-state index contributed by atoms with van der Waals surface area (Å²) < 4.78 is 0. The highest BCUT2D eigenvalue weighted by atomic mass is 35.5. The maximum atomic E-state index is 11.7. The van der Waals surface area contributed by atoms with Crippen LogP contribution in [0.4, 0.5) is 11.4 Å². The molecular formula is C10H10Cl2N2OS. The summed E-state index contributed by atoms with van der Waals surface area (Å²) in [7, 11) is 0. The summed E-state index contributed by atoms with van der Waals surface area (Å²) in [5.74, 6) is -0.00923. The third-order valence-corrected chi connectivity index (χ3v) is 3.34. The smallest absolute Gasteiger partial charge is 0.228 e. The molecular weight excluding hydrogens is 267 g/mol. The van der Waals surface area contributed by atoms with Gasteiger partial charge in [-0.25, -0.2) is 0 Å². The fourth-order valence-electron chi connectivity index (χ4n) is 1.72. The Kier molecular flexibility index (Phi) is 3.24. The van der Waals surface area contributed by atoms with Crippen molar-refractivity contribution in [2.24, 2.45) is 0 Å². The van der Waals surface area contributed by atoms with Gasteiger partial charge in [-0.05, 0) is 12.1 Å². The third kappa shape index (κ3) is 2.10. The molecule has 1 heterocycles. The van der Waals surface area contributed by atoms with Gasteiger partial charge in [-0.2, -0.15) is 12.6 Å². The van der Waals surface area contributed by atoms with Crippen LogP contribution in [0.2, 0.25) is 10.0 Å². The quantitative estimate of drug-likeness (QED) is 0.612. The number of hydrogen-bond donors (Lipinski definition) is 2. The highest BCUT2D eigenvalue weighted by Gasteiger charge is 2.30. The Morgan fingerprint density at radius 2 is 2.12 bits per heavy atom. The number of anilines is 2. The second kappa shape index (κ2) is 4.35. The number of halogens is 2. The van der Waals surface area contributed by atoms with E-state index in [4.69, 9.17) is 28.9 Å². The Bertz CT molecular complexity index is 453. The number of amides is 1. The van der Waals surface area contributed by atoms with E-state index >= 15 is 0 Å². The molecule has 0 aliphatic carbocycles. The Morgan fingerprint density at radius 3 is 2.69 bits per heavy atom. The lowest BCUT2D eigenvalue weighted by atomic mass is 10.2. The van der Waals surface area contributed by atoms with E-state index in [9.17, 15) is 4.79 Å². The Balaban J connectivity index is 2.44. The van der Waals surface area contributed by atoms with E-state index in [0.29, 0.717) is 34.4 Å². The largest absolute Gasteiger partial charge is 0.396 e. The van der Waals surface area contributed by atoms with Crippen molar-refractivity contribution in [3.63, 3.8) is 0 Å². The van der Waals surface area contributed by atoms with Crippen molar-refractivity contribution in [3.8, 4) is 0 Å². The maximum Gasteiger partial charge on any atom is 0.228 e. The summed E-state index contributed by atoms with van der Waals surface area (Å²) in [6.07, 6.45) is 0.409. The third-order valence-electron chi connectivity index (χ3n) is 2.47. The maximum absolute atomic E-state index is 11.7. The standard InChI is InChI=1S/C10H10Cl2N2OS/c11-5-1-7(12)10(13)8(2-5)14-4-6(16)3-9(14)15/h1-2,6,16H,3-4,13H2. The molecule has 16 heavy (non-hydrogen) atoms. The molecule has 1 unspecified atom stereocenters. The first-order chi connectivity index (χ1) is 7.49. The van der Waals surface area contributed by atoms with Gasteiger partial charge in [0.15, 0.2) is 0 Å². The van der Waals surface area contributed by atoms with Gasteiger partial charge in [-0.3, -0.25) is 4.79 Å². The summed E-state index contributed by atoms with van der Waals surface area (Å²) in [6, 6.07) is 3.20.